The Labute approximate surface area is 94.5 Å². The van der Waals surface area contributed by atoms with E-state index in [0.29, 0.717) is 11.5 Å². The van der Waals surface area contributed by atoms with Gasteiger partial charge in [-0.1, -0.05) is 20.8 Å². The highest BCUT2D eigenvalue weighted by molar-refractivity contribution is 4.61. The maximum Gasteiger partial charge on any atom is 0.0613 e. The lowest BCUT2D eigenvalue weighted by Crippen LogP contribution is -2.33. The van der Waals surface area contributed by atoms with Gasteiger partial charge in [0.25, 0.3) is 0 Å². The van der Waals surface area contributed by atoms with Crippen LogP contribution in [0.3, 0.4) is 0 Å². The number of methoxy groups -OCH3 is 1. The molecule has 0 saturated carbocycles. The molecule has 1 N–H and O–H groups in total. The zero-order valence-electron chi connectivity index (χ0n) is 10.9. The fourth-order valence-corrected chi connectivity index (χ4v) is 1.17. The van der Waals surface area contributed by atoms with Gasteiger partial charge in [-0.15, -0.1) is 0 Å². The van der Waals surface area contributed by atoms with Crippen LogP contribution >= 0.6 is 0 Å². The Bertz CT molecular complexity index is 143. The third kappa shape index (κ3) is 11.8. The van der Waals surface area contributed by atoms with Crippen molar-refractivity contribution in [1.82, 2.24) is 5.32 Å². The van der Waals surface area contributed by atoms with Crippen molar-refractivity contribution < 1.29 is 9.47 Å². The molecule has 92 valence electrons. The van der Waals surface area contributed by atoms with Gasteiger partial charge in [0.15, 0.2) is 0 Å². The van der Waals surface area contributed by atoms with E-state index in [2.05, 4.69) is 33.0 Å². The smallest absolute Gasteiger partial charge is 0.0613 e. The Morgan fingerprint density at radius 1 is 1.20 bits per heavy atom. The minimum atomic E-state index is 0.372. The predicted octanol–water partition coefficient (Wildman–Crippen LogP) is 2.06. The molecule has 15 heavy (non-hydrogen) atoms. The topological polar surface area (TPSA) is 30.5 Å². The van der Waals surface area contributed by atoms with Gasteiger partial charge in [-0.05, 0) is 18.8 Å². The lowest BCUT2D eigenvalue weighted by atomic mass is 9.93. The monoisotopic (exact) mass is 217 g/mol. The van der Waals surface area contributed by atoms with Crippen LogP contribution in [0.1, 0.15) is 34.1 Å². The van der Waals surface area contributed by atoms with Crippen LogP contribution in [0.15, 0.2) is 0 Å². The van der Waals surface area contributed by atoms with Gasteiger partial charge in [0.2, 0.25) is 0 Å². The van der Waals surface area contributed by atoms with Crippen molar-refractivity contribution in [1.29, 1.82) is 0 Å². The van der Waals surface area contributed by atoms with Gasteiger partial charge in [-0.25, -0.2) is 0 Å². The van der Waals surface area contributed by atoms with E-state index < -0.39 is 0 Å². The van der Waals surface area contributed by atoms with Crippen molar-refractivity contribution in [3.8, 4) is 0 Å². The molecule has 3 heteroatoms. The van der Waals surface area contributed by atoms with E-state index in [-0.39, 0.29) is 0 Å². The largest absolute Gasteiger partial charge is 0.383 e. The molecule has 0 radical (unpaired) electrons. The number of nitrogens with one attached hydrogen (secondary N) is 1. The first-order chi connectivity index (χ1) is 6.95. The van der Waals surface area contributed by atoms with Crippen LogP contribution in [0.5, 0.6) is 0 Å². The van der Waals surface area contributed by atoms with Gasteiger partial charge in [-0.2, -0.15) is 0 Å². The van der Waals surface area contributed by atoms with Crippen LogP contribution in [0, 0.1) is 5.41 Å². The summed E-state index contributed by atoms with van der Waals surface area (Å²) in [5.74, 6) is 0. The Kier molecular flexibility index (Phi) is 8.02. The summed E-state index contributed by atoms with van der Waals surface area (Å²) in [5, 5.41) is 3.33. The molecule has 0 spiro atoms. The van der Waals surface area contributed by atoms with Gasteiger partial charge in [-0.3, -0.25) is 0 Å². The molecule has 0 aliphatic heterocycles. The highest BCUT2D eigenvalue weighted by Gasteiger charge is 2.09. The van der Waals surface area contributed by atoms with E-state index in [1.165, 1.54) is 0 Å². The summed E-state index contributed by atoms with van der Waals surface area (Å²) in [6.45, 7) is 12.1. The second-order valence-electron chi connectivity index (χ2n) is 5.23. The molecule has 0 amide bonds. The molecule has 0 aromatic carbocycles. The maximum absolute atomic E-state index is 5.53. The Morgan fingerprint density at radius 3 is 2.40 bits per heavy atom. The second-order valence-corrected chi connectivity index (χ2v) is 5.23. The molecule has 3 nitrogen and oxygen atoms in total. The SMILES string of the molecule is COCC(C)NCCOCCC(C)(C)C. The molecule has 0 aliphatic rings. The van der Waals surface area contributed by atoms with E-state index in [1.807, 2.05) is 0 Å². The van der Waals surface area contributed by atoms with E-state index in [1.54, 1.807) is 7.11 Å². The number of hydrogen-bond acceptors (Lipinski definition) is 3. The van der Waals surface area contributed by atoms with Gasteiger partial charge < -0.3 is 14.8 Å². The maximum atomic E-state index is 5.53. The third-order valence-corrected chi connectivity index (χ3v) is 2.15. The lowest BCUT2D eigenvalue weighted by molar-refractivity contribution is 0.104. The highest BCUT2D eigenvalue weighted by atomic mass is 16.5. The first-order valence-corrected chi connectivity index (χ1v) is 5.76. The summed E-state index contributed by atoms with van der Waals surface area (Å²) in [6, 6.07) is 0.404. The first kappa shape index (κ1) is 14.9. The Balaban J connectivity index is 3.18. The van der Waals surface area contributed by atoms with Crippen LogP contribution in [-0.4, -0.2) is 39.5 Å². The first-order valence-electron chi connectivity index (χ1n) is 5.76. The summed E-state index contributed by atoms with van der Waals surface area (Å²) in [5.41, 5.74) is 0.372. The quantitative estimate of drug-likeness (QED) is 0.631. The van der Waals surface area contributed by atoms with E-state index in [4.69, 9.17) is 9.47 Å². The number of hydrogen-bond donors (Lipinski definition) is 1. The standard InChI is InChI=1S/C12H27NO2/c1-11(10-14-5)13-7-9-15-8-6-12(2,3)4/h11,13H,6-10H2,1-5H3. The average molecular weight is 217 g/mol. The lowest BCUT2D eigenvalue weighted by Gasteiger charge is -2.18. The van der Waals surface area contributed by atoms with Crippen LogP contribution in [0.2, 0.25) is 0 Å². The van der Waals surface area contributed by atoms with E-state index >= 15 is 0 Å². The normalized spacial score (nSPS) is 14.2. The van der Waals surface area contributed by atoms with Crippen molar-refractivity contribution in [3.63, 3.8) is 0 Å². The van der Waals surface area contributed by atoms with Crippen molar-refractivity contribution in [3.05, 3.63) is 0 Å². The molecular formula is C12H27NO2. The van der Waals surface area contributed by atoms with Crippen LogP contribution in [0.25, 0.3) is 0 Å². The highest BCUT2D eigenvalue weighted by Crippen LogP contribution is 2.17. The molecule has 0 aromatic heterocycles. The molecule has 0 aliphatic carbocycles. The van der Waals surface area contributed by atoms with E-state index in [0.717, 1.165) is 32.8 Å². The molecule has 0 aromatic rings. The number of ether oxygens (including phenoxy) is 2. The Hall–Kier alpha value is -0.120. The van der Waals surface area contributed by atoms with Crippen LogP contribution < -0.4 is 5.32 Å². The van der Waals surface area contributed by atoms with Gasteiger partial charge in [0, 0.05) is 26.3 Å². The summed E-state index contributed by atoms with van der Waals surface area (Å²) in [7, 11) is 1.72. The van der Waals surface area contributed by atoms with Crippen molar-refractivity contribution in [2.45, 2.75) is 40.2 Å². The molecule has 1 atom stereocenters. The minimum absolute atomic E-state index is 0.372. The summed E-state index contributed by atoms with van der Waals surface area (Å²) < 4.78 is 10.6. The van der Waals surface area contributed by atoms with E-state index in [9.17, 15) is 0 Å². The van der Waals surface area contributed by atoms with Gasteiger partial charge >= 0.3 is 0 Å². The minimum Gasteiger partial charge on any atom is -0.383 e. The van der Waals surface area contributed by atoms with Crippen molar-refractivity contribution >= 4 is 0 Å². The van der Waals surface area contributed by atoms with Crippen molar-refractivity contribution in [2.75, 3.05) is 33.5 Å². The molecule has 0 heterocycles. The molecular weight excluding hydrogens is 190 g/mol. The Morgan fingerprint density at radius 2 is 1.87 bits per heavy atom. The van der Waals surface area contributed by atoms with Crippen molar-refractivity contribution in [2.24, 2.45) is 5.41 Å². The summed E-state index contributed by atoms with van der Waals surface area (Å²) in [4.78, 5) is 0. The molecule has 1 unspecified atom stereocenters. The molecule has 0 saturated heterocycles. The predicted molar refractivity (Wildman–Crippen MR) is 64.2 cm³/mol. The van der Waals surface area contributed by atoms with Gasteiger partial charge in [0.05, 0.1) is 13.2 Å². The summed E-state index contributed by atoms with van der Waals surface area (Å²) in [6.07, 6.45) is 1.11. The van der Waals surface area contributed by atoms with Crippen LogP contribution in [0.4, 0.5) is 0 Å². The molecule has 0 fully saturated rings. The molecule has 0 rings (SSSR count). The zero-order chi connectivity index (χ0) is 11.7. The molecule has 0 bridgehead atoms. The number of rotatable bonds is 8. The second kappa shape index (κ2) is 8.08. The third-order valence-electron chi connectivity index (χ3n) is 2.15. The zero-order valence-corrected chi connectivity index (χ0v) is 10.9. The van der Waals surface area contributed by atoms with Gasteiger partial charge in [0.1, 0.15) is 0 Å². The fourth-order valence-electron chi connectivity index (χ4n) is 1.17. The fraction of sp³-hybridized carbons (Fsp3) is 1.00. The average Bonchev–Trinajstić information content (AvgIpc) is 2.09. The van der Waals surface area contributed by atoms with Crippen LogP contribution in [-0.2, 0) is 9.47 Å². The summed E-state index contributed by atoms with van der Waals surface area (Å²) >= 11 is 0.